The first-order valence-corrected chi connectivity index (χ1v) is 7.16. The van der Waals surface area contributed by atoms with E-state index in [2.05, 4.69) is 10.3 Å². The molecule has 19 heavy (non-hydrogen) atoms. The summed E-state index contributed by atoms with van der Waals surface area (Å²) in [4.78, 5) is 38.8. The van der Waals surface area contributed by atoms with Crippen molar-refractivity contribution in [3.63, 3.8) is 0 Å². The number of thiazole rings is 1. The fraction of sp³-hybridized carbons (Fsp3) is 0.583. The molecule has 7 heteroatoms. The van der Waals surface area contributed by atoms with E-state index in [-0.39, 0.29) is 29.1 Å². The van der Waals surface area contributed by atoms with Crippen molar-refractivity contribution >= 4 is 23.2 Å². The molecule has 0 bridgehead atoms. The number of hydrogen-bond acceptors (Lipinski definition) is 5. The lowest BCUT2D eigenvalue weighted by molar-refractivity contribution is -0.141. The quantitative estimate of drug-likeness (QED) is 0.769. The number of carbonyl (C=O) groups excluding carboxylic acids is 2. The summed E-state index contributed by atoms with van der Waals surface area (Å²) in [7, 11) is 0. The van der Waals surface area contributed by atoms with Gasteiger partial charge in [-0.25, -0.2) is 0 Å². The van der Waals surface area contributed by atoms with E-state index in [1.54, 1.807) is 5.38 Å². The number of aromatic nitrogens is 1. The maximum atomic E-state index is 12.1. The van der Waals surface area contributed by atoms with Gasteiger partial charge in [-0.1, -0.05) is 18.3 Å². The predicted octanol–water partition coefficient (Wildman–Crippen LogP) is 0.452. The normalized spacial score (nSPS) is 21.2. The molecule has 2 rings (SSSR count). The Balaban J connectivity index is 1.97. The van der Waals surface area contributed by atoms with Crippen molar-refractivity contribution < 1.29 is 9.59 Å². The molecule has 0 aromatic carbocycles. The Morgan fingerprint density at radius 1 is 1.53 bits per heavy atom. The standard InChI is InChI=1S/C12H17N3O3S/c1-3-7(2)15-10(16)4-9(11(15)17)13-5-8-6-19-12(18)14-8/h6-7,9,13H,3-5H2,1-2H3,(H,14,18). The Kier molecular flexibility index (Phi) is 4.16. The molecule has 2 amide bonds. The monoisotopic (exact) mass is 283 g/mol. The van der Waals surface area contributed by atoms with Gasteiger partial charge in [-0.2, -0.15) is 0 Å². The number of H-pyrrole nitrogens is 1. The number of nitrogens with one attached hydrogen (secondary N) is 2. The maximum Gasteiger partial charge on any atom is 0.304 e. The summed E-state index contributed by atoms with van der Waals surface area (Å²) < 4.78 is 0. The molecule has 1 aliphatic heterocycles. The van der Waals surface area contributed by atoms with Crippen LogP contribution >= 0.6 is 11.3 Å². The minimum absolute atomic E-state index is 0.0623. The van der Waals surface area contributed by atoms with Crippen LogP contribution in [-0.2, 0) is 16.1 Å². The number of amides is 2. The van der Waals surface area contributed by atoms with Crippen molar-refractivity contribution in [2.45, 2.75) is 45.3 Å². The summed E-state index contributed by atoms with van der Waals surface area (Å²) in [6.07, 6.45) is 0.944. The summed E-state index contributed by atoms with van der Waals surface area (Å²) in [5.74, 6) is -0.299. The van der Waals surface area contributed by atoms with Crippen LogP contribution in [0.4, 0.5) is 0 Å². The number of carbonyl (C=O) groups is 2. The van der Waals surface area contributed by atoms with Crippen LogP contribution in [0.3, 0.4) is 0 Å². The number of nitrogens with zero attached hydrogens (tertiary/aromatic N) is 1. The second-order valence-electron chi connectivity index (χ2n) is 4.67. The van der Waals surface area contributed by atoms with Crippen molar-refractivity contribution in [1.82, 2.24) is 15.2 Å². The Morgan fingerprint density at radius 3 is 2.84 bits per heavy atom. The van der Waals surface area contributed by atoms with Crippen molar-refractivity contribution in [2.75, 3.05) is 0 Å². The van der Waals surface area contributed by atoms with Crippen LogP contribution in [0.5, 0.6) is 0 Å². The van der Waals surface area contributed by atoms with Gasteiger partial charge in [0.15, 0.2) is 0 Å². The molecule has 6 nitrogen and oxygen atoms in total. The molecule has 0 aliphatic carbocycles. The van der Waals surface area contributed by atoms with Crippen LogP contribution in [-0.4, -0.2) is 33.8 Å². The van der Waals surface area contributed by atoms with Gasteiger partial charge in [-0.15, -0.1) is 0 Å². The third-order valence-corrected chi connectivity index (χ3v) is 4.04. The lowest BCUT2D eigenvalue weighted by Gasteiger charge is -2.21. The van der Waals surface area contributed by atoms with Gasteiger partial charge in [0.05, 0.1) is 12.5 Å². The van der Waals surface area contributed by atoms with Crippen molar-refractivity contribution in [3.8, 4) is 0 Å². The van der Waals surface area contributed by atoms with Gasteiger partial charge < -0.3 is 4.98 Å². The van der Waals surface area contributed by atoms with E-state index in [1.807, 2.05) is 13.8 Å². The number of hydrogen-bond donors (Lipinski definition) is 2. The maximum absolute atomic E-state index is 12.1. The van der Waals surface area contributed by atoms with Crippen molar-refractivity contribution in [2.24, 2.45) is 0 Å². The topological polar surface area (TPSA) is 82.3 Å². The van der Waals surface area contributed by atoms with Crippen LogP contribution in [0, 0.1) is 0 Å². The molecule has 1 fully saturated rings. The Hall–Kier alpha value is -1.47. The lowest BCUT2D eigenvalue weighted by atomic mass is 10.2. The summed E-state index contributed by atoms with van der Waals surface area (Å²) in [5.41, 5.74) is 0.734. The van der Waals surface area contributed by atoms with E-state index in [0.717, 1.165) is 23.5 Å². The second-order valence-corrected chi connectivity index (χ2v) is 5.51. The number of imide groups is 1. The molecule has 1 aromatic rings. The van der Waals surface area contributed by atoms with E-state index >= 15 is 0 Å². The van der Waals surface area contributed by atoms with E-state index in [0.29, 0.717) is 6.54 Å². The van der Waals surface area contributed by atoms with Gasteiger partial charge in [0, 0.05) is 23.7 Å². The molecular formula is C12H17N3O3S. The Labute approximate surface area is 114 Å². The Morgan fingerprint density at radius 2 is 2.26 bits per heavy atom. The zero-order chi connectivity index (χ0) is 14.0. The predicted molar refractivity (Wildman–Crippen MR) is 71.8 cm³/mol. The van der Waals surface area contributed by atoms with Gasteiger partial charge in [0.25, 0.3) is 0 Å². The average Bonchev–Trinajstić information content (AvgIpc) is 2.90. The highest BCUT2D eigenvalue weighted by atomic mass is 32.1. The molecule has 1 aromatic heterocycles. The van der Waals surface area contributed by atoms with Gasteiger partial charge in [0.1, 0.15) is 0 Å². The summed E-state index contributed by atoms with van der Waals surface area (Å²) in [6, 6.07) is -0.544. The van der Waals surface area contributed by atoms with Crippen LogP contribution in [0.1, 0.15) is 32.4 Å². The first kappa shape index (κ1) is 14.0. The van der Waals surface area contributed by atoms with E-state index in [1.165, 1.54) is 4.90 Å². The molecule has 2 heterocycles. The van der Waals surface area contributed by atoms with Crippen molar-refractivity contribution in [3.05, 3.63) is 20.7 Å². The minimum Gasteiger partial charge on any atom is -0.315 e. The molecule has 1 saturated heterocycles. The SMILES string of the molecule is CCC(C)N1C(=O)CC(NCc2csc(=O)[nH]2)C1=O. The van der Waals surface area contributed by atoms with Crippen LogP contribution in [0.15, 0.2) is 10.2 Å². The van der Waals surface area contributed by atoms with Crippen LogP contribution < -0.4 is 10.2 Å². The second kappa shape index (κ2) is 5.66. The first-order valence-electron chi connectivity index (χ1n) is 6.29. The average molecular weight is 283 g/mol. The zero-order valence-electron chi connectivity index (χ0n) is 10.9. The fourth-order valence-electron chi connectivity index (χ4n) is 2.09. The number of rotatable bonds is 5. The molecule has 1 aliphatic rings. The van der Waals surface area contributed by atoms with Gasteiger partial charge >= 0.3 is 4.87 Å². The van der Waals surface area contributed by atoms with Gasteiger partial charge in [0.2, 0.25) is 11.8 Å². The molecule has 2 atom stereocenters. The molecule has 2 unspecified atom stereocenters. The lowest BCUT2D eigenvalue weighted by Crippen LogP contribution is -2.42. The first-order chi connectivity index (χ1) is 9.02. The van der Waals surface area contributed by atoms with Crippen molar-refractivity contribution in [1.29, 1.82) is 0 Å². The summed E-state index contributed by atoms with van der Waals surface area (Å²) in [5, 5.41) is 4.74. The minimum atomic E-state index is -0.482. The number of aromatic amines is 1. The fourth-order valence-corrected chi connectivity index (χ4v) is 2.67. The smallest absolute Gasteiger partial charge is 0.304 e. The third kappa shape index (κ3) is 2.93. The van der Waals surface area contributed by atoms with E-state index in [4.69, 9.17) is 0 Å². The molecule has 104 valence electrons. The van der Waals surface area contributed by atoms with E-state index < -0.39 is 6.04 Å². The molecule has 2 N–H and O–H groups in total. The molecular weight excluding hydrogens is 266 g/mol. The summed E-state index contributed by atoms with van der Waals surface area (Å²) in [6.45, 7) is 4.20. The Bertz CT molecular complexity index is 536. The molecule has 0 radical (unpaired) electrons. The van der Waals surface area contributed by atoms with E-state index in [9.17, 15) is 14.4 Å². The highest BCUT2D eigenvalue weighted by Crippen LogP contribution is 2.18. The highest BCUT2D eigenvalue weighted by Gasteiger charge is 2.40. The van der Waals surface area contributed by atoms with Gasteiger partial charge in [-0.3, -0.25) is 24.6 Å². The highest BCUT2D eigenvalue weighted by molar-refractivity contribution is 7.07. The zero-order valence-corrected chi connectivity index (χ0v) is 11.8. The molecule has 0 saturated carbocycles. The summed E-state index contributed by atoms with van der Waals surface area (Å²) >= 11 is 1.08. The molecule has 0 spiro atoms. The van der Waals surface area contributed by atoms with Crippen LogP contribution in [0.25, 0.3) is 0 Å². The van der Waals surface area contributed by atoms with Gasteiger partial charge in [-0.05, 0) is 13.3 Å². The largest absolute Gasteiger partial charge is 0.315 e. The van der Waals surface area contributed by atoms with Crippen LogP contribution in [0.2, 0.25) is 0 Å². The third-order valence-electron chi connectivity index (χ3n) is 3.32. The number of likely N-dealkylation sites (tertiary alicyclic amines) is 1.